The van der Waals surface area contributed by atoms with Crippen LogP contribution in [-0.2, 0) is 0 Å². The van der Waals surface area contributed by atoms with Crippen LogP contribution in [0.3, 0.4) is 0 Å². The Morgan fingerprint density at radius 1 is 1.25 bits per heavy atom. The van der Waals surface area contributed by atoms with Crippen LogP contribution in [0.15, 0.2) is 57.2 Å². The first-order chi connectivity index (χ1) is 9.84. The van der Waals surface area contributed by atoms with E-state index in [0.717, 1.165) is 5.76 Å². The molecule has 3 aromatic heterocycles. The maximum atomic E-state index is 12.0. The van der Waals surface area contributed by atoms with Crippen LogP contribution in [0.1, 0.15) is 26.9 Å². The Morgan fingerprint density at radius 3 is 2.85 bits per heavy atom. The molecule has 0 aliphatic rings. The van der Waals surface area contributed by atoms with Crippen molar-refractivity contribution < 1.29 is 9.21 Å². The summed E-state index contributed by atoms with van der Waals surface area (Å²) < 4.78 is 5.50. The Balaban J connectivity index is 1.73. The second-order valence-corrected chi connectivity index (χ2v) is 6.06. The minimum Gasteiger partial charge on any atom is -0.469 e. The standard InChI is InChI=1S/C15H13NO2S2/c17-15(11-5-8-19-10-11)16-9-12(13-3-1-6-18-13)14-4-2-7-20-14/h1-8,10,12H,9H2,(H,16,17)/t12-/m0/s1. The Hall–Kier alpha value is -1.85. The van der Waals surface area contributed by atoms with Crippen molar-refractivity contribution in [3.05, 3.63) is 68.9 Å². The van der Waals surface area contributed by atoms with E-state index < -0.39 is 0 Å². The number of rotatable bonds is 5. The minimum absolute atomic E-state index is 0.0423. The van der Waals surface area contributed by atoms with E-state index in [1.54, 1.807) is 17.6 Å². The van der Waals surface area contributed by atoms with Gasteiger partial charge in [0.15, 0.2) is 0 Å². The highest BCUT2D eigenvalue weighted by Gasteiger charge is 2.19. The van der Waals surface area contributed by atoms with Gasteiger partial charge in [0.2, 0.25) is 0 Å². The van der Waals surface area contributed by atoms with Gasteiger partial charge in [-0.3, -0.25) is 4.79 Å². The molecule has 0 aromatic carbocycles. The maximum absolute atomic E-state index is 12.0. The van der Waals surface area contributed by atoms with E-state index in [1.165, 1.54) is 16.2 Å². The van der Waals surface area contributed by atoms with Crippen LogP contribution in [0.2, 0.25) is 0 Å². The SMILES string of the molecule is O=C(NC[C@@H](c1ccco1)c1cccs1)c1ccsc1. The van der Waals surface area contributed by atoms with Crippen molar-refractivity contribution in [1.29, 1.82) is 0 Å². The third kappa shape index (κ3) is 2.84. The fourth-order valence-corrected chi connectivity index (χ4v) is 3.48. The topological polar surface area (TPSA) is 42.2 Å². The van der Waals surface area contributed by atoms with E-state index in [4.69, 9.17) is 4.42 Å². The van der Waals surface area contributed by atoms with Gasteiger partial charge >= 0.3 is 0 Å². The molecule has 1 amide bonds. The molecule has 3 heterocycles. The summed E-state index contributed by atoms with van der Waals surface area (Å²) in [4.78, 5) is 13.2. The van der Waals surface area contributed by atoms with Gasteiger partial charge in [-0.25, -0.2) is 0 Å². The molecular formula is C15H13NO2S2. The van der Waals surface area contributed by atoms with Crippen LogP contribution < -0.4 is 5.32 Å². The molecule has 0 radical (unpaired) electrons. The average molecular weight is 303 g/mol. The molecule has 0 aliphatic carbocycles. The predicted molar refractivity (Wildman–Crippen MR) is 81.5 cm³/mol. The number of hydrogen-bond donors (Lipinski definition) is 1. The molecule has 0 saturated heterocycles. The Morgan fingerprint density at radius 2 is 2.20 bits per heavy atom. The molecule has 5 heteroatoms. The molecular weight excluding hydrogens is 290 g/mol. The lowest BCUT2D eigenvalue weighted by Crippen LogP contribution is -2.28. The van der Waals surface area contributed by atoms with Gasteiger partial charge < -0.3 is 9.73 Å². The molecule has 0 bridgehead atoms. The van der Waals surface area contributed by atoms with Gasteiger partial charge in [-0.1, -0.05) is 6.07 Å². The van der Waals surface area contributed by atoms with Gasteiger partial charge in [0.1, 0.15) is 5.76 Å². The molecule has 3 rings (SSSR count). The molecule has 0 aliphatic heterocycles. The number of carbonyl (C=O) groups is 1. The largest absolute Gasteiger partial charge is 0.469 e. The minimum atomic E-state index is -0.0423. The zero-order valence-electron chi connectivity index (χ0n) is 10.6. The number of hydrogen-bond acceptors (Lipinski definition) is 4. The van der Waals surface area contributed by atoms with Gasteiger partial charge in [-0.05, 0) is 35.0 Å². The molecule has 0 fully saturated rings. The Bertz CT molecular complexity index is 608. The van der Waals surface area contributed by atoms with Crippen LogP contribution >= 0.6 is 22.7 Å². The van der Waals surface area contributed by atoms with Gasteiger partial charge in [0.25, 0.3) is 5.91 Å². The molecule has 1 atom stereocenters. The summed E-state index contributed by atoms with van der Waals surface area (Å²) in [7, 11) is 0. The lowest BCUT2D eigenvalue weighted by molar-refractivity contribution is 0.0952. The fourth-order valence-electron chi connectivity index (χ4n) is 2.01. The van der Waals surface area contributed by atoms with Gasteiger partial charge in [0.05, 0.1) is 12.2 Å². The van der Waals surface area contributed by atoms with E-state index in [9.17, 15) is 4.79 Å². The summed E-state index contributed by atoms with van der Waals surface area (Å²) in [6, 6.07) is 9.72. The molecule has 102 valence electrons. The molecule has 1 N–H and O–H groups in total. The summed E-state index contributed by atoms with van der Waals surface area (Å²) in [6.45, 7) is 0.530. The quantitative estimate of drug-likeness (QED) is 0.775. The average Bonchev–Trinajstić information content (AvgIpc) is 3.22. The van der Waals surface area contributed by atoms with Crippen LogP contribution in [0.5, 0.6) is 0 Å². The first-order valence-corrected chi connectivity index (χ1v) is 8.04. The van der Waals surface area contributed by atoms with Crippen molar-refractivity contribution in [3.8, 4) is 0 Å². The lowest BCUT2D eigenvalue weighted by atomic mass is 10.0. The molecule has 0 saturated carbocycles. The highest BCUT2D eigenvalue weighted by atomic mass is 32.1. The van der Waals surface area contributed by atoms with Crippen molar-refractivity contribution in [2.45, 2.75) is 5.92 Å². The number of thiophene rings is 2. The zero-order valence-corrected chi connectivity index (χ0v) is 12.2. The third-order valence-corrected chi connectivity index (χ3v) is 4.69. The van der Waals surface area contributed by atoms with Crippen molar-refractivity contribution in [2.75, 3.05) is 6.54 Å². The maximum Gasteiger partial charge on any atom is 0.252 e. The predicted octanol–water partition coefficient (Wildman–Crippen LogP) is 3.96. The van der Waals surface area contributed by atoms with Gasteiger partial charge in [0, 0.05) is 22.4 Å². The van der Waals surface area contributed by atoms with Gasteiger partial charge in [-0.15, -0.1) is 11.3 Å². The van der Waals surface area contributed by atoms with E-state index in [0.29, 0.717) is 12.1 Å². The smallest absolute Gasteiger partial charge is 0.252 e. The first kappa shape index (κ1) is 13.1. The van der Waals surface area contributed by atoms with Crippen LogP contribution in [-0.4, -0.2) is 12.5 Å². The number of amides is 1. The highest BCUT2D eigenvalue weighted by molar-refractivity contribution is 7.10. The number of carbonyl (C=O) groups excluding carboxylic acids is 1. The second kappa shape index (κ2) is 6.07. The van der Waals surface area contributed by atoms with Crippen LogP contribution in [0.25, 0.3) is 0 Å². The van der Waals surface area contributed by atoms with E-state index in [1.807, 2.05) is 40.4 Å². The third-order valence-electron chi connectivity index (χ3n) is 3.02. The number of nitrogens with one attached hydrogen (secondary N) is 1. The van der Waals surface area contributed by atoms with Crippen molar-refractivity contribution in [1.82, 2.24) is 5.32 Å². The number of furan rings is 1. The highest BCUT2D eigenvalue weighted by Crippen LogP contribution is 2.28. The molecule has 20 heavy (non-hydrogen) atoms. The second-order valence-electron chi connectivity index (χ2n) is 4.31. The normalized spacial score (nSPS) is 12.2. The van der Waals surface area contributed by atoms with E-state index >= 15 is 0 Å². The summed E-state index contributed by atoms with van der Waals surface area (Å²) in [6.07, 6.45) is 1.66. The molecule has 0 unspecified atom stereocenters. The zero-order chi connectivity index (χ0) is 13.8. The van der Waals surface area contributed by atoms with E-state index in [-0.39, 0.29) is 11.8 Å². The van der Waals surface area contributed by atoms with Crippen molar-refractivity contribution in [2.24, 2.45) is 0 Å². The Kier molecular flexibility index (Phi) is 3.99. The van der Waals surface area contributed by atoms with Crippen molar-refractivity contribution in [3.63, 3.8) is 0 Å². The van der Waals surface area contributed by atoms with Gasteiger partial charge in [-0.2, -0.15) is 11.3 Å². The molecule has 3 aromatic rings. The fraction of sp³-hybridized carbons (Fsp3) is 0.133. The van der Waals surface area contributed by atoms with Crippen molar-refractivity contribution >= 4 is 28.6 Å². The monoisotopic (exact) mass is 303 g/mol. The summed E-state index contributed by atoms with van der Waals surface area (Å²) in [5.41, 5.74) is 0.708. The summed E-state index contributed by atoms with van der Waals surface area (Å²) >= 11 is 3.19. The molecule has 0 spiro atoms. The molecule has 3 nitrogen and oxygen atoms in total. The van der Waals surface area contributed by atoms with E-state index in [2.05, 4.69) is 11.4 Å². The summed E-state index contributed by atoms with van der Waals surface area (Å²) in [5.74, 6) is 0.894. The first-order valence-electron chi connectivity index (χ1n) is 6.22. The lowest BCUT2D eigenvalue weighted by Gasteiger charge is -2.13. The van der Waals surface area contributed by atoms with Crippen LogP contribution in [0.4, 0.5) is 0 Å². The summed E-state index contributed by atoms with van der Waals surface area (Å²) in [5, 5.41) is 8.76. The Labute approximate surface area is 124 Å². The van der Waals surface area contributed by atoms with Crippen LogP contribution in [0, 0.1) is 0 Å².